The molecule has 0 unspecified atom stereocenters. The van der Waals surface area contributed by atoms with Gasteiger partial charge in [0.1, 0.15) is 0 Å². The van der Waals surface area contributed by atoms with Crippen LogP contribution >= 0.6 is 0 Å². The average molecular weight is 447 g/mol. The Morgan fingerprint density at radius 2 is 1.70 bits per heavy atom. The van der Waals surface area contributed by atoms with Crippen molar-refractivity contribution in [2.75, 3.05) is 16.8 Å². The number of anilines is 2. The lowest BCUT2D eigenvalue weighted by atomic mass is 9.81. The summed E-state index contributed by atoms with van der Waals surface area (Å²) in [5.74, 6) is -1.29. The van der Waals surface area contributed by atoms with E-state index >= 15 is 0 Å². The van der Waals surface area contributed by atoms with E-state index in [4.69, 9.17) is 4.74 Å². The van der Waals surface area contributed by atoms with E-state index in [-0.39, 0.29) is 29.2 Å². The molecule has 2 aliphatic carbocycles. The number of rotatable bonds is 5. The zero-order valence-corrected chi connectivity index (χ0v) is 18.7. The predicted molar refractivity (Wildman–Crippen MR) is 122 cm³/mol. The van der Waals surface area contributed by atoms with Gasteiger partial charge in [0.2, 0.25) is 11.8 Å². The molecule has 1 saturated heterocycles. The number of hydrogen-bond donors (Lipinski definition) is 1. The zero-order valence-electron chi connectivity index (χ0n) is 18.7. The molecule has 0 radical (unpaired) electrons. The summed E-state index contributed by atoms with van der Waals surface area (Å²) in [6.45, 7) is 3.37. The van der Waals surface area contributed by atoms with Crippen LogP contribution in [-0.4, -0.2) is 30.3 Å². The zero-order chi connectivity index (χ0) is 23.3. The van der Waals surface area contributed by atoms with Gasteiger partial charge in [-0.3, -0.25) is 19.3 Å². The summed E-state index contributed by atoms with van der Waals surface area (Å²) in [7, 11) is 0. The third-order valence-corrected chi connectivity index (χ3v) is 7.27. The number of fused-ring (bicyclic) bond motifs is 5. The second-order valence-corrected chi connectivity index (χ2v) is 9.39. The first kappa shape index (κ1) is 21.4. The van der Waals surface area contributed by atoms with E-state index in [1.807, 2.05) is 32.0 Å². The Balaban J connectivity index is 1.25. The molecule has 1 heterocycles. The molecule has 3 fully saturated rings. The largest absolute Gasteiger partial charge is 0.452 e. The van der Waals surface area contributed by atoms with Crippen molar-refractivity contribution >= 4 is 35.1 Å². The van der Waals surface area contributed by atoms with Crippen molar-refractivity contribution in [3.05, 3.63) is 59.2 Å². The van der Waals surface area contributed by atoms with E-state index in [2.05, 4.69) is 5.32 Å². The molecule has 170 valence electrons. The van der Waals surface area contributed by atoms with Gasteiger partial charge in [-0.15, -0.1) is 0 Å². The summed E-state index contributed by atoms with van der Waals surface area (Å²) in [6.07, 6.45) is 2.99. The molecule has 1 N–H and O–H groups in total. The summed E-state index contributed by atoms with van der Waals surface area (Å²) in [5.41, 5.74) is 3.16. The molecule has 1 aliphatic heterocycles. The Morgan fingerprint density at radius 1 is 1.00 bits per heavy atom. The molecule has 33 heavy (non-hydrogen) atoms. The number of nitrogens with one attached hydrogen (secondary N) is 1. The number of nitrogens with zero attached hydrogens (tertiary/aromatic N) is 1. The van der Waals surface area contributed by atoms with Gasteiger partial charge in [0.25, 0.3) is 5.91 Å². The SMILES string of the molecule is Cc1ccc(C)c(NC(=O)COC(=O)c2cccc(N3C(=O)[C@H]4[C@H]5CC[C@@H](C5)[C@@H]4C3=O)c2)c1. The van der Waals surface area contributed by atoms with E-state index < -0.39 is 18.5 Å². The number of ether oxygens (including phenoxy) is 1. The van der Waals surface area contributed by atoms with Gasteiger partial charge in [0.15, 0.2) is 6.61 Å². The van der Waals surface area contributed by atoms with E-state index in [0.29, 0.717) is 23.2 Å². The number of carbonyl (C=O) groups is 4. The molecule has 0 spiro atoms. The molecule has 0 aromatic heterocycles. The fraction of sp³-hybridized carbons (Fsp3) is 0.385. The Labute approximate surface area is 192 Å². The number of imide groups is 1. The molecule has 7 nitrogen and oxygen atoms in total. The van der Waals surface area contributed by atoms with Crippen LogP contribution in [0, 0.1) is 37.5 Å². The molecular weight excluding hydrogens is 420 g/mol. The highest BCUT2D eigenvalue weighted by Gasteiger charge is 2.61. The number of amides is 3. The smallest absolute Gasteiger partial charge is 0.338 e. The monoisotopic (exact) mass is 446 g/mol. The number of benzene rings is 2. The van der Waals surface area contributed by atoms with Crippen LogP contribution in [0.5, 0.6) is 0 Å². The Morgan fingerprint density at radius 3 is 2.39 bits per heavy atom. The van der Waals surface area contributed by atoms with E-state index in [0.717, 1.165) is 30.4 Å². The Hall–Kier alpha value is -3.48. The first-order valence-electron chi connectivity index (χ1n) is 11.4. The first-order valence-corrected chi connectivity index (χ1v) is 11.4. The van der Waals surface area contributed by atoms with Gasteiger partial charge in [-0.25, -0.2) is 4.79 Å². The lowest BCUT2D eigenvalue weighted by molar-refractivity contribution is -0.123. The second kappa shape index (κ2) is 8.14. The molecule has 5 rings (SSSR count). The number of hydrogen-bond acceptors (Lipinski definition) is 5. The number of carbonyl (C=O) groups excluding carboxylic acids is 4. The highest BCUT2D eigenvalue weighted by atomic mass is 16.5. The van der Waals surface area contributed by atoms with E-state index in [1.54, 1.807) is 18.2 Å². The molecule has 3 aliphatic rings. The van der Waals surface area contributed by atoms with Crippen LogP contribution in [0.25, 0.3) is 0 Å². The van der Waals surface area contributed by atoms with Crippen LogP contribution in [0.4, 0.5) is 11.4 Å². The number of aryl methyl sites for hydroxylation is 2. The van der Waals surface area contributed by atoms with Gasteiger partial charge >= 0.3 is 5.97 Å². The third-order valence-electron chi connectivity index (χ3n) is 7.27. The average Bonchev–Trinajstić information content (AvgIpc) is 3.48. The topological polar surface area (TPSA) is 92.8 Å². The van der Waals surface area contributed by atoms with Gasteiger partial charge < -0.3 is 10.1 Å². The van der Waals surface area contributed by atoms with E-state index in [9.17, 15) is 19.2 Å². The van der Waals surface area contributed by atoms with Crippen LogP contribution in [0.15, 0.2) is 42.5 Å². The Kier molecular flexibility index (Phi) is 5.27. The van der Waals surface area contributed by atoms with Crippen molar-refractivity contribution in [3.63, 3.8) is 0 Å². The molecule has 4 atom stereocenters. The van der Waals surface area contributed by atoms with Crippen LogP contribution in [0.1, 0.15) is 40.7 Å². The standard InChI is InChI=1S/C26H26N2O5/c1-14-6-7-15(2)20(10-14)27-21(29)13-33-26(32)18-4-3-5-19(12-18)28-24(30)22-16-8-9-17(11-16)23(22)25(28)31/h3-7,10,12,16-17,22-23H,8-9,11,13H2,1-2H3,(H,27,29)/t16-,17-,22-,23-/m0/s1. The minimum atomic E-state index is -0.688. The maximum atomic E-state index is 13.0. The Bertz CT molecular complexity index is 1150. The molecule has 2 bridgehead atoms. The maximum absolute atomic E-state index is 13.0. The van der Waals surface area contributed by atoms with Crippen molar-refractivity contribution in [2.45, 2.75) is 33.1 Å². The minimum Gasteiger partial charge on any atom is -0.452 e. The van der Waals surface area contributed by atoms with Crippen LogP contribution < -0.4 is 10.2 Å². The lowest BCUT2D eigenvalue weighted by Gasteiger charge is -2.19. The van der Waals surface area contributed by atoms with E-state index in [1.165, 1.54) is 11.0 Å². The predicted octanol–water partition coefficient (Wildman–Crippen LogP) is 3.63. The first-order chi connectivity index (χ1) is 15.8. The van der Waals surface area contributed by atoms with Gasteiger partial charge in [-0.2, -0.15) is 0 Å². The molecule has 2 saturated carbocycles. The molecule has 2 aromatic carbocycles. The van der Waals surface area contributed by atoms with Gasteiger partial charge in [-0.05, 0) is 80.3 Å². The molecule has 7 heteroatoms. The summed E-state index contributed by atoms with van der Waals surface area (Å²) >= 11 is 0. The van der Waals surface area contributed by atoms with Gasteiger partial charge in [-0.1, -0.05) is 18.2 Å². The van der Waals surface area contributed by atoms with Crippen molar-refractivity contribution < 1.29 is 23.9 Å². The summed E-state index contributed by atoms with van der Waals surface area (Å²) in [5, 5.41) is 2.75. The third kappa shape index (κ3) is 3.71. The minimum absolute atomic E-state index is 0.157. The van der Waals surface area contributed by atoms with Crippen molar-refractivity contribution in [2.24, 2.45) is 23.7 Å². The number of esters is 1. The summed E-state index contributed by atoms with van der Waals surface area (Å²) in [4.78, 5) is 52.2. The molecule has 2 aromatic rings. The quantitative estimate of drug-likeness (QED) is 0.559. The van der Waals surface area contributed by atoms with Crippen LogP contribution in [0.2, 0.25) is 0 Å². The van der Waals surface area contributed by atoms with Crippen molar-refractivity contribution in [1.29, 1.82) is 0 Å². The van der Waals surface area contributed by atoms with Crippen LogP contribution in [-0.2, 0) is 19.1 Å². The van der Waals surface area contributed by atoms with Gasteiger partial charge in [0, 0.05) is 5.69 Å². The normalized spacial score (nSPS) is 25.3. The highest BCUT2D eigenvalue weighted by Crippen LogP contribution is 2.56. The van der Waals surface area contributed by atoms with Crippen LogP contribution in [0.3, 0.4) is 0 Å². The highest BCUT2D eigenvalue weighted by molar-refractivity contribution is 6.22. The summed E-state index contributed by atoms with van der Waals surface area (Å²) in [6, 6.07) is 12.0. The second-order valence-electron chi connectivity index (χ2n) is 9.39. The van der Waals surface area contributed by atoms with Gasteiger partial charge in [0.05, 0.1) is 23.1 Å². The molecular formula is C26H26N2O5. The van der Waals surface area contributed by atoms with Crippen molar-refractivity contribution in [3.8, 4) is 0 Å². The summed E-state index contributed by atoms with van der Waals surface area (Å²) < 4.78 is 5.18. The maximum Gasteiger partial charge on any atom is 0.338 e. The van der Waals surface area contributed by atoms with Crippen molar-refractivity contribution in [1.82, 2.24) is 0 Å². The fourth-order valence-corrected chi connectivity index (χ4v) is 5.71. The molecule has 3 amide bonds. The lowest BCUT2D eigenvalue weighted by Crippen LogP contribution is -2.32. The fourth-order valence-electron chi connectivity index (χ4n) is 5.71.